The van der Waals surface area contributed by atoms with E-state index < -0.39 is 11.7 Å². The van der Waals surface area contributed by atoms with Crippen molar-refractivity contribution in [3.8, 4) is 0 Å². The zero-order chi connectivity index (χ0) is 14.9. The Bertz CT molecular complexity index is 659. The predicted octanol–water partition coefficient (Wildman–Crippen LogP) is 4.86. The molecule has 0 fully saturated rings. The minimum atomic E-state index is -4.32. The topological polar surface area (TPSA) is 9.23 Å². The Kier molecular flexibility index (Phi) is 3.45. The number of hydrogen-bond acceptors (Lipinski definition) is 1. The molecule has 108 valence electrons. The number of halogens is 3. The monoisotopic (exact) mass is 290 g/mol. The van der Waals surface area contributed by atoms with E-state index in [-0.39, 0.29) is 5.92 Å². The zero-order valence-electron chi connectivity index (χ0n) is 11.1. The van der Waals surface area contributed by atoms with Gasteiger partial charge in [0.1, 0.15) is 5.76 Å². The fourth-order valence-electron chi connectivity index (χ4n) is 2.38. The van der Waals surface area contributed by atoms with E-state index >= 15 is 0 Å². The third kappa shape index (κ3) is 2.94. The first kappa shape index (κ1) is 13.7. The van der Waals surface area contributed by atoms with Gasteiger partial charge in [-0.1, -0.05) is 48.5 Å². The summed E-state index contributed by atoms with van der Waals surface area (Å²) < 4.78 is 43.9. The Hall–Kier alpha value is -2.23. The van der Waals surface area contributed by atoms with Gasteiger partial charge in [0, 0.05) is 11.5 Å². The molecule has 0 saturated heterocycles. The van der Waals surface area contributed by atoms with Gasteiger partial charge in [-0.05, 0) is 17.7 Å². The molecule has 0 spiro atoms. The van der Waals surface area contributed by atoms with Crippen LogP contribution in [0.4, 0.5) is 13.2 Å². The van der Waals surface area contributed by atoms with Gasteiger partial charge in [0.05, 0.1) is 12.2 Å². The summed E-state index contributed by atoms with van der Waals surface area (Å²) in [6.45, 7) is 0.367. The lowest BCUT2D eigenvalue weighted by Gasteiger charge is -2.11. The van der Waals surface area contributed by atoms with Gasteiger partial charge < -0.3 is 4.74 Å². The fraction of sp³-hybridized carbons (Fsp3) is 0.176. The molecule has 1 atom stereocenters. The SMILES string of the molecule is FC(F)(F)c1cccc(C2C=C(c3ccccc3)OC2)c1. The van der Waals surface area contributed by atoms with Crippen LogP contribution in [0.2, 0.25) is 0 Å². The molecule has 0 aromatic heterocycles. The molecule has 1 aliphatic rings. The molecule has 1 nitrogen and oxygen atoms in total. The van der Waals surface area contributed by atoms with E-state index in [1.165, 1.54) is 12.1 Å². The van der Waals surface area contributed by atoms with Gasteiger partial charge in [-0.15, -0.1) is 0 Å². The van der Waals surface area contributed by atoms with Crippen LogP contribution in [0.3, 0.4) is 0 Å². The van der Waals surface area contributed by atoms with Crippen LogP contribution in [0.15, 0.2) is 60.7 Å². The van der Waals surface area contributed by atoms with Crippen LogP contribution in [0, 0.1) is 0 Å². The van der Waals surface area contributed by atoms with Gasteiger partial charge in [0.25, 0.3) is 0 Å². The van der Waals surface area contributed by atoms with Crippen LogP contribution in [0.1, 0.15) is 22.6 Å². The van der Waals surface area contributed by atoms with Crippen molar-refractivity contribution in [1.82, 2.24) is 0 Å². The summed E-state index contributed by atoms with van der Waals surface area (Å²) >= 11 is 0. The maximum absolute atomic E-state index is 12.7. The number of ether oxygens (including phenoxy) is 1. The number of alkyl halides is 3. The molecule has 21 heavy (non-hydrogen) atoms. The number of benzene rings is 2. The third-order valence-electron chi connectivity index (χ3n) is 3.47. The molecule has 1 aliphatic heterocycles. The minimum absolute atomic E-state index is 0.150. The smallest absolute Gasteiger partial charge is 0.416 e. The first-order valence-electron chi connectivity index (χ1n) is 6.61. The molecule has 0 aliphatic carbocycles. The van der Waals surface area contributed by atoms with E-state index in [9.17, 15) is 13.2 Å². The fourth-order valence-corrected chi connectivity index (χ4v) is 2.38. The summed E-state index contributed by atoms with van der Waals surface area (Å²) in [5.74, 6) is 0.570. The molecule has 0 amide bonds. The van der Waals surface area contributed by atoms with Gasteiger partial charge in [0.2, 0.25) is 0 Å². The lowest BCUT2D eigenvalue weighted by Crippen LogP contribution is -2.06. The highest BCUT2D eigenvalue weighted by molar-refractivity contribution is 5.62. The molecule has 0 radical (unpaired) electrons. The Morgan fingerprint density at radius 1 is 0.952 bits per heavy atom. The van der Waals surface area contributed by atoms with Gasteiger partial charge in [-0.3, -0.25) is 0 Å². The average Bonchev–Trinajstić information content (AvgIpc) is 2.97. The predicted molar refractivity (Wildman–Crippen MR) is 74.6 cm³/mol. The van der Waals surface area contributed by atoms with E-state index in [1.54, 1.807) is 6.07 Å². The van der Waals surface area contributed by atoms with Gasteiger partial charge >= 0.3 is 6.18 Å². The maximum Gasteiger partial charge on any atom is 0.416 e. The summed E-state index contributed by atoms with van der Waals surface area (Å²) in [6.07, 6.45) is -2.44. The summed E-state index contributed by atoms with van der Waals surface area (Å²) in [5, 5.41) is 0. The Balaban J connectivity index is 1.88. The number of rotatable bonds is 2. The van der Waals surface area contributed by atoms with Crippen molar-refractivity contribution < 1.29 is 17.9 Å². The lowest BCUT2D eigenvalue weighted by molar-refractivity contribution is -0.137. The van der Waals surface area contributed by atoms with E-state index in [0.29, 0.717) is 12.2 Å². The van der Waals surface area contributed by atoms with E-state index in [0.717, 1.165) is 17.4 Å². The molecule has 0 N–H and O–H groups in total. The molecular weight excluding hydrogens is 277 g/mol. The van der Waals surface area contributed by atoms with Gasteiger partial charge in [0.15, 0.2) is 0 Å². The van der Waals surface area contributed by atoms with Gasteiger partial charge in [-0.25, -0.2) is 0 Å². The van der Waals surface area contributed by atoms with Crippen LogP contribution < -0.4 is 0 Å². The first-order chi connectivity index (χ1) is 10.0. The highest BCUT2D eigenvalue weighted by atomic mass is 19.4. The summed E-state index contributed by atoms with van der Waals surface area (Å²) in [4.78, 5) is 0. The van der Waals surface area contributed by atoms with Crippen molar-refractivity contribution in [2.45, 2.75) is 12.1 Å². The van der Waals surface area contributed by atoms with Gasteiger partial charge in [-0.2, -0.15) is 13.2 Å². The minimum Gasteiger partial charge on any atom is -0.492 e. The first-order valence-corrected chi connectivity index (χ1v) is 6.61. The molecule has 2 aromatic carbocycles. The van der Waals surface area contributed by atoms with E-state index in [1.807, 2.05) is 36.4 Å². The van der Waals surface area contributed by atoms with E-state index in [2.05, 4.69) is 0 Å². The van der Waals surface area contributed by atoms with Crippen molar-refractivity contribution in [2.24, 2.45) is 0 Å². The largest absolute Gasteiger partial charge is 0.492 e. The van der Waals surface area contributed by atoms with E-state index in [4.69, 9.17) is 4.74 Å². The molecule has 4 heteroatoms. The molecule has 1 heterocycles. The summed E-state index contributed by atoms with van der Waals surface area (Å²) in [7, 11) is 0. The molecule has 1 unspecified atom stereocenters. The highest BCUT2D eigenvalue weighted by Crippen LogP contribution is 2.35. The van der Waals surface area contributed by atoms with Crippen LogP contribution in [0.5, 0.6) is 0 Å². The second kappa shape index (κ2) is 5.28. The number of hydrogen-bond donors (Lipinski definition) is 0. The molecule has 2 aromatic rings. The van der Waals surface area contributed by atoms with Crippen molar-refractivity contribution in [2.75, 3.05) is 6.61 Å². The zero-order valence-corrected chi connectivity index (χ0v) is 11.1. The van der Waals surface area contributed by atoms with Crippen LogP contribution in [-0.2, 0) is 10.9 Å². The Labute approximate surface area is 120 Å². The maximum atomic E-state index is 12.7. The second-order valence-electron chi connectivity index (χ2n) is 4.94. The molecule has 3 rings (SSSR count). The van der Waals surface area contributed by atoms with Crippen LogP contribution in [-0.4, -0.2) is 6.61 Å². The third-order valence-corrected chi connectivity index (χ3v) is 3.47. The standard InChI is InChI=1S/C17H13F3O/c18-17(19,20)15-8-4-7-13(9-15)14-10-16(21-11-14)12-5-2-1-3-6-12/h1-10,14H,11H2. The second-order valence-corrected chi connectivity index (χ2v) is 4.94. The molecule has 0 bridgehead atoms. The molecule has 0 saturated carbocycles. The normalized spacial score (nSPS) is 18.2. The molecular formula is C17H13F3O. The Morgan fingerprint density at radius 3 is 2.43 bits per heavy atom. The van der Waals surface area contributed by atoms with Crippen molar-refractivity contribution in [1.29, 1.82) is 0 Å². The van der Waals surface area contributed by atoms with Crippen molar-refractivity contribution in [3.63, 3.8) is 0 Å². The van der Waals surface area contributed by atoms with Crippen LogP contribution >= 0.6 is 0 Å². The van der Waals surface area contributed by atoms with Crippen LogP contribution in [0.25, 0.3) is 5.76 Å². The average molecular weight is 290 g/mol. The lowest BCUT2D eigenvalue weighted by atomic mass is 9.97. The highest BCUT2D eigenvalue weighted by Gasteiger charge is 2.31. The van der Waals surface area contributed by atoms with Crippen molar-refractivity contribution >= 4 is 5.76 Å². The quantitative estimate of drug-likeness (QED) is 0.767. The summed E-state index contributed by atoms with van der Waals surface area (Å²) in [5.41, 5.74) is 0.935. The van der Waals surface area contributed by atoms with Crippen molar-refractivity contribution in [3.05, 3.63) is 77.4 Å². The Morgan fingerprint density at radius 2 is 1.71 bits per heavy atom. The summed E-state index contributed by atoms with van der Waals surface area (Å²) in [6, 6.07) is 15.0.